The fourth-order valence-corrected chi connectivity index (χ4v) is 4.41. The van der Waals surface area contributed by atoms with Crippen molar-refractivity contribution in [1.82, 2.24) is 15.1 Å². The molecule has 0 spiro atoms. The molecule has 9 heteroatoms. The molecule has 1 aromatic rings. The first-order valence-electron chi connectivity index (χ1n) is 8.84. The lowest BCUT2D eigenvalue weighted by Gasteiger charge is -2.37. The van der Waals surface area contributed by atoms with E-state index in [1.165, 1.54) is 17.8 Å². The molecule has 2 N–H and O–H groups in total. The van der Waals surface area contributed by atoms with Crippen LogP contribution in [0.15, 0.2) is 17.1 Å². The number of rotatable bonds is 5. The Hall–Kier alpha value is -0.130. The maximum atomic E-state index is 10.3. The van der Waals surface area contributed by atoms with Gasteiger partial charge < -0.3 is 20.1 Å². The second kappa shape index (κ2) is 11.0. The molecule has 0 aromatic carbocycles. The minimum absolute atomic E-state index is 0. The molecule has 2 unspecified atom stereocenters. The van der Waals surface area contributed by atoms with Crippen molar-refractivity contribution in [2.45, 2.75) is 12.5 Å². The molecule has 3 rings (SSSR count). The lowest BCUT2D eigenvalue weighted by atomic mass is 10.1. The summed E-state index contributed by atoms with van der Waals surface area (Å²) < 4.78 is 6.17. The molecule has 0 radical (unpaired) electrons. The summed E-state index contributed by atoms with van der Waals surface area (Å²) in [6, 6.07) is 3.68. The molecule has 26 heavy (non-hydrogen) atoms. The lowest BCUT2D eigenvalue weighted by Crippen LogP contribution is -2.53. The van der Waals surface area contributed by atoms with E-state index in [4.69, 9.17) is 16.3 Å². The number of hydrogen-bond acceptors (Lipinski definition) is 5. The molecular weight excluding hydrogens is 487 g/mol. The highest BCUT2D eigenvalue weighted by atomic mass is 127. The van der Waals surface area contributed by atoms with Crippen LogP contribution in [0.5, 0.6) is 0 Å². The summed E-state index contributed by atoms with van der Waals surface area (Å²) in [5.74, 6) is 1.54. The molecule has 0 aliphatic carbocycles. The molecule has 2 fully saturated rings. The van der Waals surface area contributed by atoms with Crippen LogP contribution < -0.4 is 5.32 Å². The molecule has 2 aliphatic rings. The Morgan fingerprint density at radius 2 is 2.19 bits per heavy atom. The van der Waals surface area contributed by atoms with Crippen LogP contribution in [0.2, 0.25) is 4.34 Å². The first-order chi connectivity index (χ1) is 12.2. The second-order valence-electron chi connectivity index (χ2n) is 6.60. The van der Waals surface area contributed by atoms with Gasteiger partial charge in [-0.25, -0.2) is 0 Å². The van der Waals surface area contributed by atoms with Crippen molar-refractivity contribution >= 4 is 52.9 Å². The third-order valence-electron chi connectivity index (χ3n) is 4.80. The van der Waals surface area contributed by atoms with Crippen molar-refractivity contribution in [1.29, 1.82) is 0 Å². The Labute approximate surface area is 181 Å². The van der Waals surface area contributed by atoms with E-state index in [0.717, 1.165) is 56.8 Å². The van der Waals surface area contributed by atoms with Crippen molar-refractivity contribution in [3.8, 4) is 0 Å². The van der Waals surface area contributed by atoms with E-state index in [2.05, 4.69) is 20.1 Å². The molecule has 0 amide bonds. The Morgan fingerprint density at radius 1 is 1.42 bits per heavy atom. The monoisotopic (exact) mass is 514 g/mol. The highest BCUT2D eigenvalue weighted by Gasteiger charge is 2.24. The van der Waals surface area contributed by atoms with Gasteiger partial charge in [-0.15, -0.1) is 35.3 Å². The normalized spacial score (nSPS) is 23.0. The van der Waals surface area contributed by atoms with Gasteiger partial charge in [-0.3, -0.25) is 9.89 Å². The zero-order chi connectivity index (χ0) is 17.6. The van der Waals surface area contributed by atoms with Crippen molar-refractivity contribution < 1.29 is 9.84 Å². The minimum atomic E-state index is -0.571. The fourth-order valence-electron chi connectivity index (χ4n) is 3.36. The van der Waals surface area contributed by atoms with Gasteiger partial charge in [0.25, 0.3) is 0 Å². The van der Waals surface area contributed by atoms with E-state index in [-0.39, 0.29) is 24.0 Å². The molecule has 1 aromatic heterocycles. The molecule has 0 saturated carbocycles. The third kappa shape index (κ3) is 6.20. The largest absolute Gasteiger partial charge is 0.386 e. The Kier molecular flexibility index (Phi) is 9.39. The van der Waals surface area contributed by atoms with E-state index >= 15 is 0 Å². The van der Waals surface area contributed by atoms with Crippen molar-refractivity contribution in [2.24, 2.45) is 10.9 Å². The number of aliphatic hydroxyl groups is 1. The van der Waals surface area contributed by atoms with E-state index in [1.807, 2.05) is 12.1 Å². The summed E-state index contributed by atoms with van der Waals surface area (Å²) in [6.45, 7) is 7.39. The van der Waals surface area contributed by atoms with E-state index in [9.17, 15) is 5.11 Å². The summed E-state index contributed by atoms with van der Waals surface area (Å²) >= 11 is 7.34. The third-order valence-corrected chi connectivity index (χ3v) is 6.13. The molecule has 0 bridgehead atoms. The average molecular weight is 515 g/mol. The maximum absolute atomic E-state index is 10.3. The molecule has 2 aliphatic heterocycles. The maximum Gasteiger partial charge on any atom is 0.193 e. The van der Waals surface area contributed by atoms with Crippen molar-refractivity contribution in [3.63, 3.8) is 0 Å². The van der Waals surface area contributed by atoms with Crippen LogP contribution in [-0.2, 0) is 4.74 Å². The fraction of sp³-hybridized carbons (Fsp3) is 0.706. The zero-order valence-electron chi connectivity index (χ0n) is 15.1. The van der Waals surface area contributed by atoms with Crippen LogP contribution in [0, 0.1) is 5.92 Å². The van der Waals surface area contributed by atoms with Crippen molar-refractivity contribution in [3.05, 3.63) is 21.3 Å². The number of piperazine rings is 1. The van der Waals surface area contributed by atoms with Crippen LogP contribution >= 0.6 is 46.9 Å². The number of halogens is 2. The van der Waals surface area contributed by atoms with Gasteiger partial charge in [-0.1, -0.05) is 11.6 Å². The summed E-state index contributed by atoms with van der Waals surface area (Å²) in [5.41, 5.74) is 0. The van der Waals surface area contributed by atoms with Crippen LogP contribution in [0.4, 0.5) is 0 Å². The number of nitrogens with one attached hydrogen (secondary N) is 1. The number of aliphatic imine (C=N–C) groups is 1. The van der Waals surface area contributed by atoms with Gasteiger partial charge in [0.1, 0.15) is 6.10 Å². The lowest BCUT2D eigenvalue weighted by molar-refractivity contribution is 0.138. The smallest absolute Gasteiger partial charge is 0.193 e. The average Bonchev–Trinajstić information content (AvgIpc) is 3.28. The predicted molar refractivity (Wildman–Crippen MR) is 118 cm³/mol. The predicted octanol–water partition coefficient (Wildman–Crippen LogP) is 2.28. The van der Waals surface area contributed by atoms with Gasteiger partial charge in [0.05, 0.1) is 10.9 Å². The number of guanidine groups is 1. The molecular formula is C17H28ClIN4O2S. The number of aliphatic hydroxyl groups excluding tert-OH is 1. The standard InChI is InChI=1S/C17H27ClN4O2S.HI/c1-19-17(20-10-14(23)15-2-3-16(18)25-15)22-7-5-21(6-8-22)11-13-4-9-24-12-13;/h2-3,13-14,23H,4-12H2,1H3,(H,19,20);1H. The van der Waals surface area contributed by atoms with Crippen LogP contribution in [-0.4, -0.2) is 80.4 Å². The highest BCUT2D eigenvalue weighted by molar-refractivity contribution is 14.0. The van der Waals surface area contributed by atoms with E-state index in [1.54, 1.807) is 7.05 Å². The van der Waals surface area contributed by atoms with E-state index in [0.29, 0.717) is 16.8 Å². The summed E-state index contributed by atoms with van der Waals surface area (Å²) in [6.07, 6.45) is 0.617. The van der Waals surface area contributed by atoms with Crippen LogP contribution in [0.1, 0.15) is 17.4 Å². The Bertz CT molecular complexity index is 575. The van der Waals surface area contributed by atoms with E-state index < -0.39 is 6.10 Å². The second-order valence-corrected chi connectivity index (χ2v) is 8.35. The molecule has 148 valence electrons. The van der Waals surface area contributed by atoms with Crippen molar-refractivity contribution in [2.75, 3.05) is 59.5 Å². The van der Waals surface area contributed by atoms with Gasteiger partial charge >= 0.3 is 0 Å². The first-order valence-corrected chi connectivity index (χ1v) is 10.0. The molecule has 3 heterocycles. The summed E-state index contributed by atoms with van der Waals surface area (Å²) in [7, 11) is 1.79. The Morgan fingerprint density at radius 3 is 2.77 bits per heavy atom. The van der Waals surface area contributed by atoms with Gasteiger partial charge in [0.2, 0.25) is 0 Å². The first kappa shape index (κ1) is 22.2. The summed E-state index contributed by atoms with van der Waals surface area (Å²) in [5, 5.41) is 13.6. The highest BCUT2D eigenvalue weighted by Crippen LogP contribution is 2.26. The van der Waals surface area contributed by atoms with Gasteiger partial charge in [0, 0.05) is 57.8 Å². The molecule has 2 saturated heterocycles. The number of thiophene rings is 1. The van der Waals surface area contributed by atoms with Crippen LogP contribution in [0.3, 0.4) is 0 Å². The molecule has 2 atom stereocenters. The molecule has 6 nitrogen and oxygen atoms in total. The number of ether oxygens (including phenoxy) is 1. The van der Waals surface area contributed by atoms with Crippen LogP contribution in [0.25, 0.3) is 0 Å². The SMILES string of the molecule is CN=C(NCC(O)c1ccc(Cl)s1)N1CCN(CC2CCOC2)CC1.I. The number of hydrogen-bond donors (Lipinski definition) is 2. The zero-order valence-corrected chi connectivity index (χ0v) is 19.0. The number of nitrogens with zero attached hydrogens (tertiary/aromatic N) is 3. The van der Waals surface area contributed by atoms with Gasteiger partial charge in [-0.2, -0.15) is 0 Å². The Balaban J connectivity index is 0.00000243. The quantitative estimate of drug-likeness (QED) is 0.359. The minimum Gasteiger partial charge on any atom is -0.386 e. The summed E-state index contributed by atoms with van der Waals surface area (Å²) in [4.78, 5) is 10.0. The van der Waals surface area contributed by atoms with Gasteiger partial charge in [-0.05, 0) is 24.5 Å². The topological polar surface area (TPSA) is 60.3 Å². The van der Waals surface area contributed by atoms with Gasteiger partial charge in [0.15, 0.2) is 5.96 Å².